The highest BCUT2D eigenvalue weighted by molar-refractivity contribution is 6.34. The van der Waals surface area contributed by atoms with Gasteiger partial charge in [-0.25, -0.2) is 8.78 Å². The maximum absolute atomic E-state index is 13.9. The highest BCUT2D eigenvalue weighted by Crippen LogP contribution is 2.41. The summed E-state index contributed by atoms with van der Waals surface area (Å²) in [7, 11) is 0. The zero-order valence-electron chi connectivity index (χ0n) is 20.7. The highest BCUT2D eigenvalue weighted by atomic mass is 35.5. The van der Waals surface area contributed by atoms with E-state index < -0.39 is 42.1 Å². The van der Waals surface area contributed by atoms with E-state index in [1.165, 1.54) is 24.3 Å². The first kappa shape index (κ1) is 29.0. The van der Waals surface area contributed by atoms with Crippen molar-refractivity contribution in [3.8, 4) is 0 Å². The number of amides is 2. The van der Waals surface area contributed by atoms with Gasteiger partial charge >= 0.3 is 6.18 Å². The second-order valence-electron chi connectivity index (χ2n) is 9.69. The van der Waals surface area contributed by atoms with Crippen LogP contribution in [0.15, 0.2) is 48.5 Å². The Morgan fingerprint density at radius 3 is 2.26 bits per heavy atom. The molecule has 0 spiro atoms. The molecule has 2 fully saturated rings. The fraction of sp³-hybridized carbons (Fsp3) is 0.462. The number of nitrogens with zero attached hydrogens (tertiary/aromatic N) is 2. The smallest absolute Gasteiger partial charge is 0.380 e. The fourth-order valence-electron chi connectivity index (χ4n) is 4.94. The van der Waals surface area contributed by atoms with Crippen LogP contribution in [-0.2, 0) is 10.4 Å². The van der Waals surface area contributed by atoms with Gasteiger partial charge in [-0.1, -0.05) is 41.9 Å². The van der Waals surface area contributed by atoms with Gasteiger partial charge in [-0.3, -0.25) is 14.5 Å². The lowest BCUT2D eigenvalue weighted by atomic mass is 9.89. The van der Waals surface area contributed by atoms with Gasteiger partial charge in [0.1, 0.15) is 0 Å². The fourth-order valence-corrected chi connectivity index (χ4v) is 5.21. The van der Waals surface area contributed by atoms with Crippen LogP contribution in [-0.4, -0.2) is 84.1 Å². The van der Waals surface area contributed by atoms with E-state index in [0.29, 0.717) is 31.6 Å². The molecular formula is C26H28ClF5N4O3. The average Bonchev–Trinajstić information content (AvgIpc) is 2.88. The van der Waals surface area contributed by atoms with Crippen molar-refractivity contribution in [2.45, 2.75) is 43.1 Å². The summed E-state index contributed by atoms with van der Waals surface area (Å²) in [6.07, 6.45) is -6.90. The number of likely N-dealkylation sites (tertiary alicyclic amines) is 2. The summed E-state index contributed by atoms with van der Waals surface area (Å²) in [6, 6.07) is 11.1. The Morgan fingerprint density at radius 1 is 1.05 bits per heavy atom. The van der Waals surface area contributed by atoms with Crippen molar-refractivity contribution in [3.63, 3.8) is 0 Å². The maximum atomic E-state index is 13.9. The van der Waals surface area contributed by atoms with Gasteiger partial charge in [-0.05, 0) is 31.0 Å². The third kappa shape index (κ3) is 6.28. The van der Waals surface area contributed by atoms with Crippen molar-refractivity contribution in [2.75, 3.05) is 38.0 Å². The largest absolute Gasteiger partial charge is 0.430 e. The van der Waals surface area contributed by atoms with Crippen molar-refractivity contribution >= 4 is 29.1 Å². The molecule has 2 aromatic rings. The van der Waals surface area contributed by atoms with Crippen molar-refractivity contribution < 1.29 is 36.6 Å². The predicted octanol–water partition coefficient (Wildman–Crippen LogP) is 3.87. The first-order valence-electron chi connectivity index (χ1n) is 12.4. The molecule has 4 rings (SSSR count). The summed E-state index contributed by atoms with van der Waals surface area (Å²) in [5.74, 6) is -2.06. The van der Waals surface area contributed by atoms with Crippen LogP contribution in [0.2, 0.25) is 5.02 Å². The number of aliphatic hydroxyl groups is 1. The summed E-state index contributed by atoms with van der Waals surface area (Å²) in [6.45, 7) is 0.727. The predicted molar refractivity (Wildman–Crippen MR) is 135 cm³/mol. The third-order valence-electron chi connectivity index (χ3n) is 7.09. The van der Waals surface area contributed by atoms with Crippen LogP contribution in [0.25, 0.3) is 0 Å². The summed E-state index contributed by atoms with van der Waals surface area (Å²) in [5.41, 5.74) is -3.37. The number of benzene rings is 2. The van der Waals surface area contributed by atoms with Crippen LogP contribution in [0.1, 0.15) is 28.8 Å². The standard InChI is InChI=1S/C26H28ClF5N4O3/c27-21-12-17(6-7-20(21)23(37)33-13-22(28)29)34-18-14-36(15-18)19-8-10-35(11-9-19)24(38)25(39,26(30,31)32)16-4-2-1-3-5-16/h1-7,12,18-19,22,34,39H,8-11,13-15H2,(H,33,37)/t25-/m1/s1. The molecule has 2 aromatic carbocycles. The second-order valence-corrected chi connectivity index (χ2v) is 10.1. The van der Waals surface area contributed by atoms with Gasteiger partial charge in [-0.15, -0.1) is 0 Å². The van der Waals surface area contributed by atoms with E-state index in [4.69, 9.17) is 11.6 Å². The number of nitrogens with one attached hydrogen (secondary N) is 2. The SMILES string of the molecule is O=C(NCC(F)F)c1ccc(NC2CN(C3CCN(C(=O)[C@](O)(c4ccccc4)C(F)(F)F)CC3)C2)cc1Cl. The Kier molecular flexibility index (Phi) is 8.67. The number of piperidine rings is 1. The minimum atomic E-state index is -5.17. The third-order valence-corrected chi connectivity index (χ3v) is 7.40. The molecule has 13 heteroatoms. The molecule has 0 radical (unpaired) electrons. The van der Waals surface area contributed by atoms with Gasteiger partial charge < -0.3 is 20.6 Å². The number of alkyl halides is 5. The van der Waals surface area contributed by atoms with Gasteiger partial charge in [0.15, 0.2) is 0 Å². The molecular weight excluding hydrogens is 547 g/mol. The summed E-state index contributed by atoms with van der Waals surface area (Å²) >= 11 is 6.15. The average molecular weight is 575 g/mol. The number of anilines is 1. The van der Waals surface area contributed by atoms with Gasteiger partial charge in [0.2, 0.25) is 0 Å². The van der Waals surface area contributed by atoms with Gasteiger partial charge in [0.05, 0.1) is 23.2 Å². The van der Waals surface area contributed by atoms with E-state index in [1.54, 1.807) is 12.1 Å². The lowest BCUT2D eigenvalue weighted by molar-refractivity contribution is -0.262. The molecule has 212 valence electrons. The number of hydrogen-bond donors (Lipinski definition) is 3. The van der Waals surface area contributed by atoms with Crippen molar-refractivity contribution in [3.05, 3.63) is 64.7 Å². The maximum Gasteiger partial charge on any atom is 0.430 e. The van der Waals surface area contributed by atoms with E-state index in [9.17, 15) is 36.6 Å². The van der Waals surface area contributed by atoms with Crippen LogP contribution in [0.3, 0.4) is 0 Å². The molecule has 0 unspecified atom stereocenters. The first-order chi connectivity index (χ1) is 18.4. The minimum absolute atomic E-state index is 0.0626. The molecule has 7 nitrogen and oxygen atoms in total. The van der Waals surface area contributed by atoms with Crippen LogP contribution in [0.5, 0.6) is 0 Å². The molecule has 3 N–H and O–H groups in total. The zero-order valence-corrected chi connectivity index (χ0v) is 21.5. The number of carbonyl (C=O) groups excluding carboxylic acids is 2. The first-order valence-corrected chi connectivity index (χ1v) is 12.8. The Hall–Kier alpha value is -2.96. The molecule has 2 aliphatic rings. The normalized spacial score (nSPS) is 18.9. The summed E-state index contributed by atoms with van der Waals surface area (Å²) < 4.78 is 66.2. The molecule has 39 heavy (non-hydrogen) atoms. The summed E-state index contributed by atoms with van der Waals surface area (Å²) in [4.78, 5) is 28.1. The van der Waals surface area contributed by atoms with Gasteiger partial charge in [0, 0.05) is 43.5 Å². The topological polar surface area (TPSA) is 84.9 Å². The lowest BCUT2D eigenvalue weighted by Gasteiger charge is -2.48. The van der Waals surface area contributed by atoms with Crippen LogP contribution >= 0.6 is 11.6 Å². The molecule has 2 aliphatic heterocycles. The molecule has 0 aliphatic carbocycles. The van der Waals surface area contributed by atoms with Crippen molar-refractivity contribution in [1.82, 2.24) is 15.1 Å². The molecule has 2 saturated heterocycles. The number of carbonyl (C=O) groups is 2. The number of rotatable bonds is 8. The Morgan fingerprint density at radius 2 is 1.69 bits per heavy atom. The summed E-state index contributed by atoms with van der Waals surface area (Å²) in [5, 5.41) is 16.1. The Bertz CT molecular complexity index is 1170. The van der Waals surface area contributed by atoms with Crippen molar-refractivity contribution in [2.24, 2.45) is 0 Å². The number of halogens is 6. The Balaban J connectivity index is 1.28. The minimum Gasteiger partial charge on any atom is -0.380 e. The number of hydrogen-bond acceptors (Lipinski definition) is 5. The molecule has 2 amide bonds. The van der Waals surface area contributed by atoms with E-state index in [0.717, 1.165) is 17.0 Å². The van der Waals surface area contributed by atoms with Gasteiger partial charge in [-0.2, -0.15) is 13.2 Å². The molecule has 2 heterocycles. The van der Waals surface area contributed by atoms with E-state index in [1.807, 2.05) is 0 Å². The monoisotopic (exact) mass is 574 g/mol. The molecule has 1 atom stereocenters. The van der Waals surface area contributed by atoms with Crippen LogP contribution < -0.4 is 10.6 Å². The second kappa shape index (κ2) is 11.6. The van der Waals surface area contributed by atoms with Gasteiger partial charge in [0.25, 0.3) is 23.8 Å². The van der Waals surface area contributed by atoms with E-state index in [2.05, 4.69) is 15.5 Å². The van der Waals surface area contributed by atoms with Crippen LogP contribution in [0.4, 0.5) is 27.6 Å². The Labute approximate surface area is 226 Å². The quantitative estimate of drug-likeness (QED) is 0.417. The van der Waals surface area contributed by atoms with E-state index in [-0.39, 0.29) is 35.8 Å². The van der Waals surface area contributed by atoms with Crippen molar-refractivity contribution in [1.29, 1.82) is 0 Å². The van der Waals surface area contributed by atoms with E-state index >= 15 is 0 Å². The molecule has 0 aromatic heterocycles. The molecule has 0 bridgehead atoms. The van der Waals surface area contributed by atoms with Crippen LogP contribution in [0, 0.1) is 0 Å². The lowest BCUT2D eigenvalue weighted by Crippen LogP contribution is -2.62. The highest BCUT2D eigenvalue weighted by Gasteiger charge is 2.62. The molecule has 0 saturated carbocycles. The zero-order chi connectivity index (χ0) is 28.4.